The summed E-state index contributed by atoms with van der Waals surface area (Å²) in [7, 11) is 0. The molecule has 0 spiro atoms. The Hall–Kier alpha value is -1.51. The van der Waals surface area contributed by atoms with Crippen LogP contribution in [0.4, 0.5) is 13.2 Å². The maximum absolute atomic E-state index is 14.0. The van der Waals surface area contributed by atoms with Crippen molar-refractivity contribution in [1.82, 2.24) is 0 Å². The predicted molar refractivity (Wildman–Crippen MR) is 104 cm³/mol. The molecule has 2 aliphatic carbocycles. The zero-order valence-corrected chi connectivity index (χ0v) is 16.1. The van der Waals surface area contributed by atoms with Crippen molar-refractivity contribution in [3.63, 3.8) is 0 Å². The van der Waals surface area contributed by atoms with Crippen LogP contribution in [-0.4, -0.2) is 0 Å². The van der Waals surface area contributed by atoms with Gasteiger partial charge in [0.25, 0.3) is 0 Å². The summed E-state index contributed by atoms with van der Waals surface area (Å²) in [5.74, 6) is -0.531. The van der Waals surface area contributed by atoms with E-state index in [1.165, 1.54) is 51.4 Å². The first-order valence-electron chi connectivity index (χ1n) is 10.6. The van der Waals surface area contributed by atoms with Crippen LogP contribution in [0.15, 0.2) is 24.3 Å². The lowest BCUT2D eigenvalue weighted by Gasteiger charge is -2.42. The van der Waals surface area contributed by atoms with Gasteiger partial charge in [-0.15, -0.1) is 0 Å². The molecule has 2 unspecified atom stereocenters. The van der Waals surface area contributed by atoms with Crippen molar-refractivity contribution in [3.05, 3.63) is 47.3 Å². The van der Waals surface area contributed by atoms with E-state index < -0.39 is 17.5 Å². The second kappa shape index (κ2) is 7.85. The van der Waals surface area contributed by atoms with E-state index in [0.29, 0.717) is 11.3 Å². The van der Waals surface area contributed by atoms with Crippen LogP contribution in [0.3, 0.4) is 0 Å². The molecule has 3 heteroatoms. The van der Waals surface area contributed by atoms with Gasteiger partial charge in [0.2, 0.25) is 0 Å². The number of hydrogen-bond donors (Lipinski definition) is 0. The molecule has 2 aromatic rings. The Labute approximate surface area is 160 Å². The minimum atomic E-state index is -1.38. The first kappa shape index (κ1) is 18.8. The summed E-state index contributed by atoms with van der Waals surface area (Å²) < 4.78 is 41.0. The minimum absolute atomic E-state index is 0.169. The van der Waals surface area contributed by atoms with Crippen molar-refractivity contribution in [2.75, 3.05) is 0 Å². The molecule has 27 heavy (non-hydrogen) atoms. The van der Waals surface area contributed by atoms with Gasteiger partial charge in [0.1, 0.15) is 0 Å². The molecule has 0 radical (unpaired) electrons. The van der Waals surface area contributed by atoms with Gasteiger partial charge in [0.05, 0.1) is 0 Å². The molecule has 0 bridgehead atoms. The molecule has 0 N–H and O–H groups in total. The van der Waals surface area contributed by atoms with Crippen molar-refractivity contribution in [1.29, 1.82) is 0 Å². The molecule has 2 aliphatic rings. The van der Waals surface area contributed by atoms with Gasteiger partial charge < -0.3 is 0 Å². The fourth-order valence-corrected chi connectivity index (χ4v) is 5.62. The van der Waals surface area contributed by atoms with E-state index in [1.54, 1.807) is 6.07 Å². The van der Waals surface area contributed by atoms with Crippen LogP contribution in [0.25, 0.3) is 10.8 Å². The molecule has 4 rings (SSSR count). The average Bonchev–Trinajstić information content (AvgIpc) is 2.69. The third-order valence-corrected chi connectivity index (χ3v) is 7.16. The summed E-state index contributed by atoms with van der Waals surface area (Å²) in [5.41, 5.74) is 1.15. The van der Waals surface area contributed by atoms with Gasteiger partial charge in [0, 0.05) is 5.39 Å². The summed E-state index contributed by atoms with van der Waals surface area (Å²) in [6.45, 7) is 2.27. The van der Waals surface area contributed by atoms with Gasteiger partial charge in [-0.3, -0.25) is 0 Å². The van der Waals surface area contributed by atoms with E-state index in [2.05, 4.69) is 6.92 Å². The van der Waals surface area contributed by atoms with Crippen molar-refractivity contribution >= 4 is 10.8 Å². The normalized spacial score (nSPS) is 28.3. The van der Waals surface area contributed by atoms with Crippen molar-refractivity contribution in [3.8, 4) is 0 Å². The fourth-order valence-electron chi connectivity index (χ4n) is 5.62. The zero-order chi connectivity index (χ0) is 19.0. The van der Waals surface area contributed by atoms with Gasteiger partial charge in [-0.1, -0.05) is 50.8 Å². The molecule has 146 valence electrons. The SMILES string of the molecule is CCCC[C@@H]1CC[C@@H]2CC(c3ccc4c(F)c(F)c(F)cc4c3)CCC2C1. The van der Waals surface area contributed by atoms with Gasteiger partial charge in [-0.25, -0.2) is 13.2 Å². The molecular weight excluding hydrogens is 345 g/mol. The number of unbranched alkanes of at least 4 members (excludes halogenated alkanes) is 1. The number of hydrogen-bond acceptors (Lipinski definition) is 0. The number of fused-ring (bicyclic) bond motifs is 2. The third kappa shape index (κ3) is 3.75. The monoisotopic (exact) mass is 374 g/mol. The molecule has 0 amide bonds. The molecule has 2 fully saturated rings. The van der Waals surface area contributed by atoms with Crippen LogP contribution in [0.1, 0.15) is 76.2 Å². The molecule has 2 saturated carbocycles. The maximum atomic E-state index is 14.0. The highest BCUT2D eigenvalue weighted by molar-refractivity contribution is 5.84. The third-order valence-electron chi connectivity index (χ3n) is 7.16. The molecular formula is C24H29F3. The van der Waals surface area contributed by atoms with Crippen LogP contribution in [0.2, 0.25) is 0 Å². The summed E-state index contributed by atoms with van der Waals surface area (Å²) >= 11 is 0. The Morgan fingerprint density at radius 3 is 2.48 bits per heavy atom. The van der Waals surface area contributed by atoms with Gasteiger partial charge in [0.15, 0.2) is 17.5 Å². The highest BCUT2D eigenvalue weighted by Crippen LogP contribution is 2.48. The van der Waals surface area contributed by atoms with E-state index in [4.69, 9.17) is 0 Å². The largest absolute Gasteiger partial charge is 0.204 e. The Kier molecular flexibility index (Phi) is 5.48. The number of benzene rings is 2. The van der Waals surface area contributed by atoms with Crippen molar-refractivity contribution in [2.24, 2.45) is 17.8 Å². The van der Waals surface area contributed by atoms with Gasteiger partial charge >= 0.3 is 0 Å². The highest BCUT2D eigenvalue weighted by atomic mass is 19.2. The first-order chi connectivity index (χ1) is 13.1. The smallest absolute Gasteiger partial charge is 0.195 e. The minimum Gasteiger partial charge on any atom is -0.204 e. The Balaban J connectivity index is 1.49. The van der Waals surface area contributed by atoms with Crippen LogP contribution < -0.4 is 0 Å². The van der Waals surface area contributed by atoms with E-state index in [1.807, 2.05) is 12.1 Å². The first-order valence-corrected chi connectivity index (χ1v) is 10.6. The number of halogens is 3. The lowest BCUT2D eigenvalue weighted by Crippen LogP contribution is -2.30. The summed E-state index contributed by atoms with van der Waals surface area (Å²) in [5, 5.41) is 0.636. The standard InChI is InChI=1S/C24H29F3/c1-2-3-4-15-5-6-17-12-18(8-7-16(17)11-15)19-9-10-21-20(13-19)14-22(25)24(27)23(21)26/h9-10,13-18H,2-8,11-12H2,1H3/t15-,16?,17-,18?/m1/s1. The van der Waals surface area contributed by atoms with E-state index in [9.17, 15) is 13.2 Å². The van der Waals surface area contributed by atoms with Crippen LogP contribution in [0, 0.1) is 35.2 Å². The lowest BCUT2D eigenvalue weighted by molar-refractivity contribution is 0.113. The van der Waals surface area contributed by atoms with E-state index in [0.717, 1.165) is 35.8 Å². The highest BCUT2D eigenvalue weighted by Gasteiger charge is 2.35. The van der Waals surface area contributed by atoms with Crippen LogP contribution in [-0.2, 0) is 0 Å². The summed E-state index contributed by atoms with van der Waals surface area (Å²) in [6.07, 6.45) is 11.7. The Bertz CT molecular complexity index is 813. The molecule has 0 aromatic heterocycles. The number of rotatable bonds is 4. The lowest BCUT2D eigenvalue weighted by atomic mass is 9.63. The molecule has 2 aromatic carbocycles. The predicted octanol–water partition coefficient (Wildman–Crippen LogP) is 7.75. The van der Waals surface area contributed by atoms with Crippen molar-refractivity contribution in [2.45, 2.75) is 70.6 Å². The average molecular weight is 374 g/mol. The Morgan fingerprint density at radius 1 is 0.889 bits per heavy atom. The molecule has 0 saturated heterocycles. The topological polar surface area (TPSA) is 0 Å². The summed E-state index contributed by atoms with van der Waals surface area (Å²) in [4.78, 5) is 0. The van der Waals surface area contributed by atoms with Crippen LogP contribution >= 0.6 is 0 Å². The molecule has 0 aliphatic heterocycles. The van der Waals surface area contributed by atoms with E-state index in [-0.39, 0.29) is 5.39 Å². The second-order valence-corrected chi connectivity index (χ2v) is 8.82. The van der Waals surface area contributed by atoms with E-state index >= 15 is 0 Å². The molecule has 0 heterocycles. The van der Waals surface area contributed by atoms with Crippen molar-refractivity contribution < 1.29 is 13.2 Å². The quantitative estimate of drug-likeness (QED) is 0.480. The zero-order valence-electron chi connectivity index (χ0n) is 16.1. The molecule has 4 atom stereocenters. The maximum Gasteiger partial charge on any atom is 0.195 e. The van der Waals surface area contributed by atoms with Gasteiger partial charge in [-0.05, 0) is 72.8 Å². The van der Waals surface area contributed by atoms with Crippen LogP contribution in [0.5, 0.6) is 0 Å². The fraction of sp³-hybridized carbons (Fsp3) is 0.583. The Morgan fingerprint density at radius 2 is 1.67 bits per heavy atom. The molecule has 0 nitrogen and oxygen atoms in total. The van der Waals surface area contributed by atoms with Gasteiger partial charge in [-0.2, -0.15) is 0 Å². The summed E-state index contributed by atoms with van der Waals surface area (Å²) in [6, 6.07) is 6.54. The second-order valence-electron chi connectivity index (χ2n) is 8.82.